The molecular weight excluding hydrogens is 216 g/mol. The maximum Gasteiger partial charge on any atom is 0.314 e. The van der Waals surface area contributed by atoms with Gasteiger partial charge in [0.25, 0.3) is 0 Å². The zero-order valence-corrected chi connectivity index (χ0v) is 9.89. The second-order valence-electron chi connectivity index (χ2n) is 4.75. The van der Waals surface area contributed by atoms with Gasteiger partial charge in [-0.1, -0.05) is 37.5 Å². The van der Waals surface area contributed by atoms with Crippen LogP contribution in [-0.4, -0.2) is 16.7 Å². The van der Waals surface area contributed by atoms with Crippen molar-refractivity contribution >= 4 is 5.97 Å². The van der Waals surface area contributed by atoms with E-state index < -0.39 is 5.60 Å². The van der Waals surface area contributed by atoms with Crippen molar-refractivity contribution in [3.63, 3.8) is 0 Å². The van der Waals surface area contributed by atoms with E-state index in [1.807, 2.05) is 18.2 Å². The fourth-order valence-corrected chi connectivity index (χ4v) is 2.31. The number of ether oxygens (including phenoxy) is 1. The summed E-state index contributed by atoms with van der Waals surface area (Å²) in [5.41, 5.74) is -0.843. The fourth-order valence-electron chi connectivity index (χ4n) is 2.31. The van der Waals surface area contributed by atoms with Crippen LogP contribution in [0.1, 0.15) is 38.5 Å². The SMILES string of the molecule is O=C(CC1(O)CCCCC1)Oc1ccccc1. The third kappa shape index (κ3) is 3.56. The van der Waals surface area contributed by atoms with Crippen LogP contribution in [0.5, 0.6) is 5.75 Å². The third-order valence-electron chi connectivity index (χ3n) is 3.23. The molecule has 1 aromatic carbocycles. The number of hydrogen-bond donors (Lipinski definition) is 1. The molecule has 0 unspecified atom stereocenters. The van der Waals surface area contributed by atoms with Crippen LogP contribution in [0.4, 0.5) is 0 Å². The second-order valence-corrected chi connectivity index (χ2v) is 4.75. The number of esters is 1. The first kappa shape index (κ1) is 12.1. The van der Waals surface area contributed by atoms with Crippen LogP contribution in [0, 0.1) is 0 Å². The summed E-state index contributed by atoms with van der Waals surface area (Å²) in [7, 11) is 0. The van der Waals surface area contributed by atoms with E-state index in [9.17, 15) is 9.90 Å². The molecule has 92 valence electrons. The number of hydrogen-bond acceptors (Lipinski definition) is 3. The van der Waals surface area contributed by atoms with Gasteiger partial charge >= 0.3 is 5.97 Å². The predicted molar refractivity (Wildman–Crippen MR) is 64.7 cm³/mol. The highest BCUT2D eigenvalue weighted by Gasteiger charge is 2.32. The van der Waals surface area contributed by atoms with Gasteiger partial charge in [-0.25, -0.2) is 0 Å². The molecule has 0 aliphatic heterocycles. The molecule has 3 nitrogen and oxygen atoms in total. The second kappa shape index (κ2) is 5.32. The zero-order valence-electron chi connectivity index (χ0n) is 9.89. The van der Waals surface area contributed by atoms with Crippen LogP contribution in [-0.2, 0) is 4.79 Å². The van der Waals surface area contributed by atoms with Crippen molar-refractivity contribution in [1.29, 1.82) is 0 Å². The number of carbonyl (C=O) groups excluding carboxylic acids is 1. The summed E-state index contributed by atoms with van der Waals surface area (Å²) in [6, 6.07) is 8.98. The molecule has 0 spiro atoms. The molecule has 1 saturated carbocycles. The largest absolute Gasteiger partial charge is 0.426 e. The summed E-state index contributed by atoms with van der Waals surface area (Å²) >= 11 is 0. The Morgan fingerprint density at radius 2 is 1.82 bits per heavy atom. The molecule has 3 heteroatoms. The van der Waals surface area contributed by atoms with Gasteiger partial charge < -0.3 is 9.84 Å². The Morgan fingerprint density at radius 3 is 2.47 bits per heavy atom. The molecule has 0 radical (unpaired) electrons. The number of benzene rings is 1. The molecule has 0 amide bonds. The van der Waals surface area contributed by atoms with E-state index in [2.05, 4.69) is 0 Å². The molecule has 2 rings (SSSR count). The minimum absolute atomic E-state index is 0.0991. The number of carbonyl (C=O) groups is 1. The van der Waals surface area contributed by atoms with E-state index in [-0.39, 0.29) is 12.4 Å². The summed E-state index contributed by atoms with van der Waals surface area (Å²) < 4.78 is 5.18. The molecule has 0 bridgehead atoms. The molecule has 17 heavy (non-hydrogen) atoms. The Balaban J connectivity index is 1.88. The Kier molecular flexibility index (Phi) is 3.79. The van der Waals surface area contributed by atoms with Gasteiger partial charge in [-0.2, -0.15) is 0 Å². The van der Waals surface area contributed by atoms with Crippen LogP contribution < -0.4 is 4.74 Å². The lowest BCUT2D eigenvalue weighted by molar-refractivity contribution is -0.141. The van der Waals surface area contributed by atoms with Gasteiger partial charge in [-0.05, 0) is 25.0 Å². The maximum absolute atomic E-state index is 11.7. The van der Waals surface area contributed by atoms with E-state index in [1.54, 1.807) is 12.1 Å². The Hall–Kier alpha value is -1.35. The quantitative estimate of drug-likeness (QED) is 0.646. The van der Waals surface area contributed by atoms with Crippen LogP contribution in [0.15, 0.2) is 30.3 Å². The molecule has 0 heterocycles. The van der Waals surface area contributed by atoms with E-state index >= 15 is 0 Å². The van der Waals surface area contributed by atoms with E-state index in [0.29, 0.717) is 18.6 Å². The predicted octanol–water partition coefficient (Wildman–Crippen LogP) is 2.68. The Morgan fingerprint density at radius 1 is 1.18 bits per heavy atom. The molecule has 1 aliphatic carbocycles. The zero-order chi connectivity index (χ0) is 12.1. The first-order valence-electron chi connectivity index (χ1n) is 6.16. The topological polar surface area (TPSA) is 46.5 Å². The van der Waals surface area contributed by atoms with Crippen molar-refractivity contribution in [2.75, 3.05) is 0 Å². The van der Waals surface area contributed by atoms with Crippen molar-refractivity contribution in [2.24, 2.45) is 0 Å². The van der Waals surface area contributed by atoms with Crippen molar-refractivity contribution < 1.29 is 14.6 Å². The standard InChI is InChI=1S/C14H18O3/c15-13(17-12-7-3-1-4-8-12)11-14(16)9-5-2-6-10-14/h1,3-4,7-8,16H,2,5-6,9-11H2. The highest BCUT2D eigenvalue weighted by Crippen LogP contribution is 2.31. The number of rotatable bonds is 3. The van der Waals surface area contributed by atoms with Crippen LogP contribution >= 0.6 is 0 Å². The molecule has 0 aromatic heterocycles. The average molecular weight is 234 g/mol. The van der Waals surface area contributed by atoms with Crippen LogP contribution in [0.3, 0.4) is 0 Å². The Bertz CT molecular complexity index is 366. The molecule has 1 N–H and O–H groups in total. The highest BCUT2D eigenvalue weighted by molar-refractivity contribution is 5.73. The smallest absolute Gasteiger partial charge is 0.314 e. The van der Waals surface area contributed by atoms with Crippen molar-refractivity contribution in [1.82, 2.24) is 0 Å². The molecule has 0 atom stereocenters. The van der Waals surface area contributed by atoms with E-state index in [0.717, 1.165) is 19.3 Å². The summed E-state index contributed by atoms with van der Waals surface area (Å²) in [6.45, 7) is 0. The van der Waals surface area contributed by atoms with Crippen LogP contribution in [0.2, 0.25) is 0 Å². The normalized spacial score (nSPS) is 18.6. The van der Waals surface area contributed by atoms with Gasteiger partial charge in [0.05, 0.1) is 12.0 Å². The van der Waals surface area contributed by atoms with Gasteiger partial charge in [0.2, 0.25) is 0 Å². The van der Waals surface area contributed by atoms with E-state index in [1.165, 1.54) is 0 Å². The first-order valence-corrected chi connectivity index (χ1v) is 6.16. The molecule has 1 aliphatic rings. The number of aliphatic hydroxyl groups is 1. The van der Waals surface area contributed by atoms with Gasteiger partial charge in [0.1, 0.15) is 5.75 Å². The minimum atomic E-state index is -0.843. The van der Waals surface area contributed by atoms with Gasteiger partial charge in [0, 0.05) is 0 Å². The van der Waals surface area contributed by atoms with Crippen molar-refractivity contribution in [3.8, 4) is 5.75 Å². The Labute approximate surface area is 101 Å². The van der Waals surface area contributed by atoms with Crippen LogP contribution in [0.25, 0.3) is 0 Å². The van der Waals surface area contributed by atoms with Gasteiger partial charge in [-0.3, -0.25) is 4.79 Å². The van der Waals surface area contributed by atoms with Gasteiger partial charge in [-0.15, -0.1) is 0 Å². The van der Waals surface area contributed by atoms with Gasteiger partial charge in [0.15, 0.2) is 0 Å². The fraction of sp³-hybridized carbons (Fsp3) is 0.500. The summed E-state index contributed by atoms with van der Waals surface area (Å²) in [6.07, 6.45) is 4.65. The molecule has 1 aromatic rings. The summed E-state index contributed by atoms with van der Waals surface area (Å²) in [4.78, 5) is 11.7. The molecule has 1 fully saturated rings. The average Bonchev–Trinajstić information content (AvgIpc) is 2.30. The summed E-state index contributed by atoms with van der Waals surface area (Å²) in [5.74, 6) is 0.192. The summed E-state index contributed by atoms with van der Waals surface area (Å²) in [5, 5.41) is 10.2. The number of para-hydroxylation sites is 1. The highest BCUT2D eigenvalue weighted by atomic mass is 16.5. The first-order chi connectivity index (χ1) is 8.18. The lowest BCUT2D eigenvalue weighted by atomic mass is 9.82. The van der Waals surface area contributed by atoms with E-state index in [4.69, 9.17) is 4.74 Å². The third-order valence-corrected chi connectivity index (χ3v) is 3.23. The van der Waals surface area contributed by atoms with Crippen molar-refractivity contribution in [3.05, 3.63) is 30.3 Å². The minimum Gasteiger partial charge on any atom is -0.426 e. The monoisotopic (exact) mass is 234 g/mol. The van der Waals surface area contributed by atoms with Crippen molar-refractivity contribution in [2.45, 2.75) is 44.1 Å². The molecular formula is C14H18O3. The maximum atomic E-state index is 11.7. The lowest BCUT2D eigenvalue weighted by Gasteiger charge is -2.30. The lowest BCUT2D eigenvalue weighted by Crippen LogP contribution is -2.35. The molecule has 0 saturated heterocycles.